The van der Waals surface area contributed by atoms with Crippen molar-refractivity contribution in [2.24, 2.45) is 0 Å². The van der Waals surface area contributed by atoms with Crippen LogP contribution in [0.5, 0.6) is 0 Å². The summed E-state index contributed by atoms with van der Waals surface area (Å²) < 4.78 is 5.57. The van der Waals surface area contributed by atoms with Crippen molar-refractivity contribution in [1.82, 2.24) is 4.48 Å². The fourth-order valence-corrected chi connectivity index (χ4v) is 2.87. The summed E-state index contributed by atoms with van der Waals surface area (Å²) in [6.45, 7) is 13.9. The first-order valence-electron chi connectivity index (χ1n) is 7.11. The van der Waals surface area contributed by atoms with E-state index in [1.807, 2.05) is 46.0 Å². The third kappa shape index (κ3) is 2.23. The van der Waals surface area contributed by atoms with Crippen molar-refractivity contribution in [1.29, 1.82) is 0 Å². The number of likely N-dealkylation sites (N-methyl/N-ethyl adjacent to an activating group) is 1. The van der Waals surface area contributed by atoms with Gasteiger partial charge in [-0.05, 0) is 53.3 Å². The quantitative estimate of drug-likeness (QED) is 0.581. The van der Waals surface area contributed by atoms with Gasteiger partial charge in [-0.2, -0.15) is 9.28 Å². The van der Waals surface area contributed by atoms with Crippen LogP contribution in [0.3, 0.4) is 0 Å². The molecule has 4 heteroatoms. The zero-order valence-electron chi connectivity index (χ0n) is 13.8. The molecule has 4 nitrogen and oxygen atoms in total. The summed E-state index contributed by atoms with van der Waals surface area (Å²) in [5.74, 6) is 0. The van der Waals surface area contributed by atoms with Crippen molar-refractivity contribution in [3.05, 3.63) is 36.0 Å². The maximum absolute atomic E-state index is 12.8. The van der Waals surface area contributed by atoms with Crippen LogP contribution in [0.25, 0.3) is 0 Å². The Morgan fingerprint density at radius 3 is 2.43 bits per heavy atom. The molecule has 2 N–H and O–H groups in total. The van der Waals surface area contributed by atoms with Crippen LogP contribution in [-0.4, -0.2) is 18.7 Å². The number of rotatable bonds is 0. The number of benzene rings is 1. The first kappa shape index (κ1) is 15.6. The van der Waals surface area contributed by atoms with E-state index in [1.54, 1.807) is 0 Å². The van der Waals surface area contributed by atoms with E-state index in [1.165, 1.54) is 0 Å². The number of allylic oxidation sites excluding steroid dienone is 1. The van der Waals surface area contributed by atoms with E-state index in [2.05, 4.69) is 20.4 Å². The van der Waals surface area contributed by atoms with Crippen LogP contribution in [-0.2, 0) is 10.2 Å². The second-order valence-electron chi connectivity index (χ2n) is 7.33. The minimum atomic E-state index is -0.542. The van der Waals surface area contributed by atoms with Gasteiger partial charge in [-0.25, -0.2) is 0 Å². The molecule has 1 amide bonds. The van der Waals surface area contributed by atoms with Gasteiger partial charge in [0, 0.05) is 17.3 Å². The lowest BCUT2D eigenvalue weighted by Crippen LogP contribution is -2.51. The molecule has 0 saturated heterocycles. The molecule has 0 aliphatic carbocycles. The summed E-state index contributed by atoms with van der Waals surface area (Å²) in [5.41, 5.74) is 8.42. The molecule has 0 bridgehead atoms. The lowest BCUT2D eigenvalue weighted by molar-refractivity contribution is 0.0359. The normalized spacial score (nSPS) is 23.8. The number of carbonyl (C=O) groups excluding carboxylic acids is 1. The van der Waals surface area contributed by atoms with Gasteiger partial charge in [0.05, 0.1) is 12.5 Å². The van der Waals surface area contributed by atoms with Crippen LogP contribution >= 0.6 is 0 Å². The summed E-state index contributed by atoms with van der Waals surface area (Å²) in [5, 5.41) is 0. The molecular weight excluding hydrogens is 264 g/mol. The highest BCUT2D eigenvalue weighted by Gasteiger charge is 2.56. The van der Waals surface area contributed by atoms with E-state index in [0.717, 1.165) is 16.9 Å². The number of hydrogen-bond acceptors (Lipinski definition) is 3. The lowest BCUT2D eigenvalue weighted by atomic mass is 9.84. The highest BCUT2D eigenvalue weighted by Crippen LogP contribution is 2.52. The minimum absolute atomic E-state index is 0.0418. The minimum Gasteiger partial charge on any atom is -0.414 e. The molecule has 0 spiro atoms. The third-order valence-corrected chi connectivity index (χ3v) is 4.20. The molecule has 0 fully saturated rings. The van der Waals surface area contributed by atoms with Crippen molar-refractivity contribution < 1.29 is 9.53 Å². The van der Waals surface area contributed by atoms with Crippen LogP contribution < -0.4 is 10.2 Å². The zero-order chi connectivity index (χ0) is 16.2. The van der Waals surface area contributed by atoms with Gasteiger partial charge in [0.15, 0.2) is 5.69 Å². The predicted molar refractivity (Wildman–Crippen MR) is 87.0 cm³/mol. The Bertz CT molecular complexity index is 626. The number of quaternary nitrogens is 1. The second-order valence-corrected chi connectivity index (χ2v) is 7.33. The van der Waals surface area contributed by atoms with Crippen molar-refractivity contribution in [3.8, 4) is 0 Å². The largest absolute Gasteiger partial charge is 0.526 e. The first-order chi connectivity index (χ1) is 9.40. The molecule has 0 saturated carbocycles. The Morgan fingerprint density at radius 2 is 1.90 bits per heavy atom. The van der Waals surface area contributed by atoms with E-state index in [4.69, 9.17) is 10.5 Å². The molecule has 21 heavy (non-hydrogen) atoms. The average molecular weight is 289 g/mol. The molecule has 0 aromatic heterocycles. The predicted octanol–water partition coefficient (Wildman–Crippen LogP) is 3.95. The Morgan fingerprint density at radius 1 is 1.33 bits per heavy atom. The number of fused-ring (bicyclic) bond motifs is 1. The Hall–Kier alpha value is -1.81. The number of ether oxygens (including phenoxy) is 1. The van der Waals surface area contributed by atoms with Gasteiger partial charge in [-0.3, -0.25) is 0 Å². The molecule has 1 atom stereocenters. The maximum Gasteiger partial charge on any atom is 0.526 e. The molecule has 1 heterocycles. The Balaban J connectivity index is 2.61. The molecular formula is C17H25N2O2+. The van der Waals surface area contributed by atoms with Crippen molar-refractivity contribution in [2.45, 2.75) is 45.6 Å². The number of carbonyl (C=O) groups is 1. The smallest absolute Gasteiger partial charge is 0.414 e. The van der Waals surface area contributed by atoms with E-state index < -0.39 is 5.60 Å². The molecule has 114 valence electrons. The van der Waals surface area contributed by atoms with E-state index >= 15 is 0 Å². The fourth-order valence-electron chi connectivity index (χ4n) is 2.87. The summed E-state index contributed by atoms with van der Waals surface area (Å²) in [4.78, 5) is 12.8. The Labute approximate surface area is 126 Å². The maximum atomic E-state index is 12.8. The zero-order valence-corrected chi connectivity index (χ0v) is 13.8. The van der Waals surface area contributed by atoms with Crippen LogP contribution in [0, 0.1) is 0 Å². The van der Waals surface area contributed by atoms with Gasteiger partial charge in [-0.15, -0.1) is 0 Å². The summed E-state index contributed by atoms with van der Waals surface area (Å²) >= 11 is 0. The SMILES string of the molecule is C=C1C(C)(C)c2cc(N)ccc2[N+]1(C)C(=O)OC(C)(C)C. The van der Waals surface area contributed by atoms with E-state index in [9.17, 15) is 4.79 Å². The molecule has 1 aromatic carbocycles. The van der Waals surface area contributed by atoms with Gasteiger partial charge in [0.25, 0.3) is 0 Å². The summed E-state index contributed by atoms with van der Waals surface area (Å²) in [6.07, 6.45) is -0.316. The number of nitrogen functional groups attached to an aromatic ring is 1. The molecule has 0 radical (unpaired) electrons. The molecule has 1 unspecified atom stereocenters. The number of nitrogens with zero attached hydrogens (tertiary/aromatic N) is 1. The van der Waals surface area contributed by atoms with E-state index in [0.29, 0.717) is 5.69 Å². The van der Waals surface area contributed by atoms with Crippen LogP contribution in [0.4, 0.5) is 16.2 Å². The summed E-state index contributed by atoms with van der Waals surface area (Å²) in [6, 6.07) is 5.64. The molecule has 1 aliphatic heterocycles. The highest BCUT2D eigenvalue weighted by atomic mass is 16.6. The molecule has 1 aliphatic rings. The number of anilines is 1. The van der Waals surface area contributed by atoms with Gasteiger partial charge in [0.2, 0.25) is 0 Å². The lowest BCUT2D eigenvalue weighted by Gasteiger charge is -2.31. The van der Waals surface area contributed by atoms with Crippen LogP contribution in [0.1, 0.15) is 40.2 Å². The monoisotopic (exact) mass is 289 g/mol. The van der Waals surface area contributed by atoms with Gasteiger partial charge in [-0.1, -0.05) is 0 Å². The number of hydrogen-bond donors (Lipinski definition) is 1. The average Bonchev–Trinajstić information content (AvgIpc) is 2.48. The third-order valence-electron chi connectivity index (χ3n) is 4.20. The van der Waals surface area contributed by atoms with Crippen molar-refractivity contribution in [3.63, 3.8) is 0 Å². The number of nitrogens with two attached hydrogens (primary N) is 1. The van der Waals surface area contributed by atoms with Gasteiger partial charge in [0.1, 0.15) is 11.3 Å². The van der Waals surface area contributed by atoms with Crippen LogP contribution in [0.2, 0.25) is 0 Å². The second kappa shape index (κ2) is 4.34. The van der Waals surface area contributed by atoms with Crippen molar-refractivity contribution >= 4 is 17.5 Å². The molecule has 2 rings (SSSR count). The number of amides is 1. The van der Waals surface area contributed by atoms with E-state index in [-0.39, 0.29) is 16.0 Å². The topological polar surface area (TPSA) is 52.3 Å². The van der Waals surface area contributed by atoms with Crippen LogP contribution in [0.15, 0.2) is 30.5 Å². The highest BCUT2D eigenvalue weighted by molar-refractivity contribution is 5.91. The molecule has 1 aromatic rings. The fraction of sp³-hybridized carbons (Fsp3) is 0.471. The summed E-state index contributed by atoms with van der Waals surface area (Å²) in [7, 11) is 1.83. The van der Waals surface area contributed by atoms with Gasteiger partial charge >= 0.3 is 6.09 Å². The van der Waals surface area contributed by atoms with Gasteiger partial charge < -0.3 is 10.5 Å². The standard InChI is InChI=1S/C17H25N2O2/c1-11-17(5,6)13-10-12(18)8-9-14(13)19(11,7)15(20)21-16(2,3)4/h8-10H,1,18H2,2-7H3/q+1. The van der Waals surface area contributed by atoms with Crippen molar-refractivity contribution in [2.75, 3.05) is 12.8 Å². The Kier molecular flexibility index (Phi) is 3.22. The first-order valence-corrected chi connectivity index (χ1v) is 7.11.